The fraction of sp³-hybridized carbons (Fsp3) is 0.333. The smallest absolute Gasteiger partial charge is 0.122 e. The number of fused-ring (bicyclic) bond motifs is 1. The second kappa shape index (κ2) is 5.35. The molecule has 0 radical (unpaired) electrons. The van der Waals surface area contributed by atoms with Crippen LogP contribution in [0.3, 0.4) is 0 Å². The first-order chi connectivity index (χ1) is 9.36. The molecular weight excluding hydrogens is 238 g/mol. The normalized spacial score (nSPS) is 20.3. The molecule has 1 atom stereocenters. The molecule has 4 nitrogen and oxygen atoms in total. The third kappa shape index (κ3) is 2.58. The summed E-state index contributed by atoms with van der Waals surface area (Å²) in [7, 11) is 0. The first-order valence-corrected chi connectivity index (χ1v) is 6.42. The molecule has 1 aromatic heterocycles. The third-order valence-electron chi connectivity index (χ3n) is 3.44. The van der Waals surface area contributed by atoms with Crippen molar-refractivity contribution >= 4 is 10.9 Å². The molecule has 0 N–H and O–H groups in total. The second-order valence-electron chi connectivity index (χ2n) is 4.72. The van der Waals surface area contributed by atoms with E-state index in [0.717, 1.165) is 24.0 Å². The van der Waals surface area contributed by atoms with E-state index in [9.17, 15) is 0 Å². The summed E-state index contributed by atoms with van der Waals surface area (Å²) in [5, 5.41) is 10.3. The molecule has 0 aliphatic carbocycles. The molecule has 1 saturated heterocycles. The Balaban J connectivity index is 1.82. The molecule has 96 valence electrons. The van der Waals surface area contributed by atoms with Crippen LogP contribution in [0.5, 0.6) is 0 Å². The number of hydrogen-bond acceptors (Lipinski definition) is 4. The van der Waals surface area contributed by atoms with E-state index in [1.165, 1.54) is 5.56 Å². The van der Waals surface area contributed by atoms with Crippen LogP contribution in [0.25, 0.3) is 10.9 Å². The fourth-order valence-corrected chi connectivity index (χ4v) is 2.40. The van der Waals surface area contributed by atoms with E-state index in [0.29, 0.717) is 13.2 Å². The molecule has 0 unspecified atom stereocenters. The van der Waals surface area contributed by atoms with Gasteiger partial charge >= 0.3 is 0 Å². The lowest BCUT2D eigenvalue weighted by atomic mass is 10.1. The standard InChI is InChI=1S/C15H15N3O/c16-9-14-11-19-7-6-18(14)10-12-3-4-15-13(8-12)2-1-5-17-15/h1-5,8,14H,6-7,10-11H2/t14-/m1/s1. The Morgan fingerprint density at radius 2 is 2.37 bits per heavy atom. The summed E-state index contributed by atoms with van der Waals surface area (Å²) >= 11 is 0. The Labute approximate surface area is 112 Å². The van der Waals surface area contributed by atoms with Gasteiger partial charge in [-0.1, -0.05) is 12.1 Å². The van der Waals surface area contributed by atoms with Gasteiger partial charge in [0.2, 0.25) is 0 Å². The van der Waals surface area contributed by atoms with Crippen LogP contribution in [-0.4, -0.2) is 35.7 Å². The first-order valence-electron chi connectivity index (χ1n) is 6.42. The summed E-state index contributed by atoms with van der Waals surface area (Å²) < 4.78 is 5.34. The van der Waals surface area contributed by atoms with Gasteiger partial charge in [-0.25, -0.2) is 0 Å². The lowest BCUT2D eigenvalue weighted by Gasteiger charge is -2.31. The van der Waals surface area contributed by atoms with Crippen LogP contribution in [0.1, 0.15) is 5.56 Å². The molecule has 2 heterocycles. The molecule has 0 amide bonds. The Morgan fingerprint density at radius 1 is 1.42 bits per heavy atom. The van der Waals surface area contributed by atoms with Crippen LogP contribution in [0.15, 0.2) is 36.5 Å². The minimum Gasteiger partial charge on any atom is -0.377 e. The van der Waals surface area contributed by atoms with E-state index in [-0.39, 0.29) is 6.04 Å². The molecule has 19 heavy (non-hydrogen) atoms. The molecule has 1 fully saturated rings. The van der Waals surface area contributed by atoms with Crippen LogP contribution in [-0.2, 0) is 11.3 Å². The van der Waals surface area contributed by atoms with Crippen molar-refractivity contribution < 1.29 is 4.74 Å². The molecule has 4 heteroatoms. The minimum atomic E-state index is -0.140. The summed E-state index contributed by atoms with van der Waals surface area (Å²) in [4.78, 5) is 6.48. The number of rotatable bonds is 2. The molecule has 3 rings (SSSR count). The van der Waals surface area contributed by atoms with Crippen LogP contribution in [0.2, 0.25) is 0 Å². The quantitative estimate of drug-likeness (QED) is 0.821. The highest BCUT2D eigenvalue weighted by molar-refractivity contribution is 5.78. The molecule has 0 spiro atoms. The van der Waals surface area contributed by atoms with Gasteiger partial charge in [0.1, 0.15) is 6.04 Å². The van der Waals surface area contributed by atoms with Crippen molar-refractivity contribution in [1.82, 2.24) is 9.88 Å². The summed E-state index contributed by atoms with van der Waals surface area (Å²) in [5.74, 6) is 0. The van der Waals surface area contributed by atoms with E-state index in [4.69, 9.17) is 10.00 Å². The van der Waals surface area contributed by atoms with Gasteiger partial charge in [0.15, 0.2) is 0 Å². The molecular formula is C15H15N3O. The molecule has 0 bridgehead atoms. The zero-order valence-corrected chi connectivity index (χ0v) is 10.6. The highest BCUT2D eigenvalue weighted by atomic mass is 16.5. The number of nitrogens with zero attached hydrogens (tertiary/aromatic N) is 3. The topological polar surface area (TPSA) is 49.1 Å². The lowest BCUT2D eigenvalue weighted by Crippen LogP contribution is -2.43. The number of morpholine rings is 1. The number of ether oxygens (including phenoxy) is 1. The van der Waals surface area contributed by atoms with Crippen molar-refractivity contribution in [2.75, 3.05) is 19.8 Å². The van der Waals surface area contributed by atoms with E-state index in [1.54, 1.807) is 6.20 Å². The number of benzene rings is 1. The number of hydrogen-bond donors (Lipinski definition) is 0. The highest BCUT2D eigenvalue weighted by Gasteiger charge is 2.22. The lowest BCUT2D eigenvalue weighted by molar-refractivity contribution is 0.00891. The van der Waals surface area contributed by atoms with E-state index in [1.807, 2.05) is 12.1 Å². The van der Waals surface area contributed by atoms with Crippen molar-refractivity contribution in [3.05, 3.63) is 42.1 Å². The van der Waals surface area contributed by atoms with Crippen LogP contribution in [0, 0.1) is 11.3 Å². The van der Waals surface area contributed by atoms with Crippen molar-refractivity contribution in [2.24, 2.45) is 0 Å². The fourth-order valence-electron chi connectivity index (χ4n) is 2.40. The Hall–Kier alpha value is -1.96. The maximum absolute atomic E-state index is 9.13. The summed E-state index contributed by atoms with van der Waals surface area (Å²) in [6, 6.07) is 12.4. The van der Waals surface area contributed by atoms with Crippen molar-refractivity contribution in [3.63, 3.8) is 0 Å². The van der Waals surface area contributed by atoms with Gasteiger partial charge in [0, 0.05) is 24.7 Å². The largest absolute Gasteiger partial charge is 0.377 e. The summed E-state index contributed by atoms with van der Waals surface area (Å²) in [5.41, 5.74) is 2.22. The average Bonchev–Trinajstić information content (AvgIpc) is 2.48. The van der Waals surface area contributed by atoms with Gasteiger partial charge in [-0.05, 0) is 23.8 Å². The van der Waals surface area contributed by atoms with Crippen LogP contribution in [0.4, 0.5) is 0 Å². The van der Waals surface area contributed by atoms with Crippen molar-refractivity contribution in [2.45, 2.75) is 12.6 Å². The highest BCUT2D eigenvalue weighted by Crippen LogP contribution is 2.17. The Bertz CT molecular complexity index is 620. The maximum Gasteiger partial charge on any atom is 0.122 e. The van der Waals surface area contributed by atoms with Crippen LogP contribution < -0.4 is 0 Å². The maximum atomic E-state index is 9.13. The molecule has 1 aliphatic rings. The van der Waals surface area contributed by atoms with Crippen molar-refractivity contribution in [1.29, 1.82) is 5.26 Å². The second-order valence-corrected chi connectivity index (χ2v) is 4.72. The van der Waals surface area contributed by atoms with Gasteiger partial charge in [0.05, 0.1) is 24.8 Å². The monoisotopic (exact) mass is 253 g/mol. The Kier molecular flexibility index (Phi) is 3.41. The summed E-state index contributed by atoms with van der Waals surface area (Å²) in [6.45, 7) is 2.80. The molecule has 0 saturated carbocycles. The van der Waals surface area contributed by atoms with Gasteiger partial charge in [-0.2, -0.15) is 5.26 Å². The SMILES string of the molecule is N#C[C@@H]1COCCN1Cc1ccc2ncccc2c1. The van der Waals surface area contributed by atoms with Gasteiger partial charge < -0.3 is 4.74 Å². The van der Waals surface area contributed by atoms with E-state index < -0.39 is 0 Å². The van der Waals surface area contributed by atoms with Gasteiger partial charge in [0.25, 0.3) is 0 Å². The third-order valence-corrected chi connectivity index (χ3v) is 3.44. The van der Waals surface area contributed by atoms with Crippen molar-refractivity contribution in [3.8, 4) is 6.07 Å². The molecule has 1 aliphatic heterocycles. The average molecular weight is 253 g/mol. The zero-order valence-electron chi connectivity index (χ0n) is 10.6. The van der Waals surface area contributed by atoms with E-state index >= 15 is 0 Å². The number of pyridine rings is 1. The number of aromatic nitrogens is 1. The van der Waals surface area contributed by atoms with Gasteiger partial charge in [-0.3, -0.25) is 9.88 Å². The predicted molar refractivity (Wildman–Crippen MR) is 72.4 cm³/mol. The molecule has 2 aromatic rings. The number of nitriles is 1. The summed E-state index contributed by atoms with van der Waals surface area (Å²) in [6.07, 6.45) is 1.80. The molecule has 1 aromatic carbocycles. The van der Waals surface area contributed by atoms with Gasteiger partial charge in [-0.15, -0.1) is 0 Å². The predicted octanol–water partition coefficient (Wildman–Crippen LogP) is 1.96. The van der Waals surface area contributed by atoms with E-state index in [2.05, 4.69) is 34.2 Å². The minimum absolute atomic E-state index is 0.140. The van der Waals surface area contributed by atoms with Crippen LogP contribution >= 0.6 is 0 Å². The Morgan fingerprint density at radius 3 is 3.26 bits per heavy atom. The zero-order chi connectivity index (χ0) is 13.1. The first kappa shape index (κ1) is 12.1.